The number of hydrogen-bond donors (Lipinski definition) is 0. The molecular formula is C17H12N2O2S. The number of aromatic nitrogens is 1. The highest BCUT2D eigenvalue weighted by Gasteiger charge is 2.10. The summed E-state index contributed by atoms with van der Waals surface area (Å²) < 4.78 is 10.4. The van der Waals surface area contributed by atoms with Gasteiger partial charge in [0.2, 0.25) is 0 Å². The lowest BCUT2D eigenvalue weighted by atomic mass is 10.1. The van der Waals surface area contributed by atoms with Crippen molar-refractivity contribution in [2.45, 2.75) is 0 Å². The quantitative estimate of drug-likeness (QED) is 0.667. The van der Waals surface area contributed by atoms with E-state index < -0.39 is 0 Å². The van der Waals surface area contributed by atoms with E-state index in [9.17, 15) is 5.26 Å². The van der Waals surface area contributed by atoms with Crippen LogP contribution in [0.25, 0.3) is 23.1 Å². The van der Waals surface area contributed by atoms with Gasteiger partial charge in [0.1, 0.15) is 22.5 Å². The summed E-state index contributed by atoms with van der Waals surface area (Å²) in [5.74, 6) is 1.48. The average Bonchev–Trinajstić information content (AvgIpc) is 3.24. The van der Waals surface area contributed by atoms with Gasteiger partial charge in [-0.3, -0.25) is 0 Å². The first kappa shape index (κ1) is 14.1. The number of nitriles is 1. The van der Waals surface area contributed by atoms with Gasteiger partial charge >= 0.3 is 0 Å². The number of methoxy groups -OCH3 is 1. The summed E-state index contributed by atoms with van der Waals surface area (Å²) in [5.41, 5.74) is 2.18. The van der Waals surface area contributed by atoms with Crippen LogP contribution in [0.15, 0.2) is 52.5 Å². The van der Waals surface area contributed by atoms with Gasteiger partial charge in [-0.05, 0) is 35.9 Å². The third-order valence-corrected chi connectivity index (χ3v) is 3.93. The van der Waals surface area contributed by atoms with E-state index in [0.717, 1.165) is 17.0 Å². The van der Waals surface area contributed by atoms with Crippen LogP contribution in [0.1, 0.15) is 10.6 Å². The smallest absolute Gasteiger partial charge is 0.153 e. The summed E-state index contributed by atoms with van der Waals surface area (Å²) in [6.07, 6.45) is 3.41. The van der Waals surface area contributed by atoms with Crippen LogP contribution in [0.5, 0.6) is 5.75 Å². The summed E-state index contributed by atoms with van der Waals surface area (Å²) in [6.45, 7) is 0. The van der Waals surface area contributed by atoms with Crippen LogP contribution in [0.4, 0.5) is 0 Å². The predicted octanol–water partition coefficient (Wildman–Crippen LogP) is 4.48. The number of allylic oxidation sites excluding steroid dienone is 1. The van der Waals surface area contributed by atoms with Gasteiger partial charge in [0, 0.05) is 5.38 Å². The molecule has 0 aliphatic heterocycles. The van der Waals surface area contributed by atoms with Gasteiger partial charge in [0.15, 0.2) is 5.76 Å². The summed E-state index contributed by atoms with van der Waals surface area (Å²) in [6, 6.07) is 13.4. The largest absolute Gasteiger partial charge is 0.497 e. The Kier molecular flexibility index (Phi) is 4.03. The van der Waals surface area contributed by atoms with Gasteiger partial charge in [0.05, 0.1) is 18.9 Å². The highest BCUT2D eigenvalue weighted by molar-refractivity contribution is 7.11. The highest BCUT2D eigenvalue weighted by Crippen LogP contribution is 2.27. The van der Waals surface area contributed by atoms with Crippen molar-refractivity contribution in [1.82, 2.24) is 4.98 Å². The number of nitrogens with zero attached hydrogens (tertiary/aromatic N) is 2. The molecule has 0 aliphatic carbocycles. The Balaban J connectivity index is 1.90. The van der Waals surface area contributed by atoms with Crippen LogP contribution in [0, 0.1) is 11.3 Å². The standard InChI is InChI=1S/C17H12N2O2S/c1-20-14-6-4-12(5-7-14)9-13(10-18)17-19-15(11-22-17)16-3-2-8-21-16/h2-9,11H,1H3. The Labute approximate surface area is 131 Å². The van der Waals surface area contributed by atoms with E-state index in [2.05, 4.69) is 11.1 Å². The van der Waals surface area contributed by atoms with Crippen molar-refractivity contribution in [3.8, 4) is 23.3 Å². The fraction of sp³-hybridized carbons (Fsp3) is 0.0588. The molecule has 0 spiro atoms. The molecule has 0 aliphatic rings. The summed E-state index contributed by atoms with van der Waals surface area (Å²) >= 11 is 1.42. The van der Waals surface area contributed by atoms with Crippen molar-refractivity contribution in [3.05, 3.63) is 58.6 Å². The van der Waals surface area contributed by atoms with Crippen molar-refractivity contribution in [3.63, 3.8) is 0 Å². The molecule has 22 heavy (non-hydrogen) atoms. The van der Waals surface area contributed by atoms with Gasteiger partial charge in [-0.15, -0.1) is 11.3 Å². The molecule has 108 valence electrons. The van der Waals surface area contributed by atoms with Crippen molar-refractivity contribution in [1.29, 1.82) is 5.26 Å². The van der Waals surface area contributed by atoms with Crippen LogP contribution >= 0.6 is 11.3 Å². The Hall–Kier alpha value is -2.84. The fourth-order valence-electron chi connectivity index (χ4n) is 1.94. The highest BCUT2D eigenvalue weighted by atomic mass is 32.1. The molecule has 1 aromatic carbocycles. The van der Waals surface area contributed by atoms with Crippen LogP contribution in [-0.2, 0) is 0 Å². The first-order chi connectivity index (χ1) is 10.8. The Bertz CT molecular complexity index is 824. The SMILES string of the molecule is COc1ccc(C=C(C#N)c2nc(-c3ccco3)cs2)cc1. The second-order valence-corrected chi connectivity index (χ2v) is 5.32. The molecule has 2 aromatic heterocycles. The van der Waals surface area contributed by atoms with Crippen molar-refractivity contribution in [2.75, 3.05) is 7.11 Å². The molecule has 0 N–H and O–H groups in total. The molecule has 0 saturated carbocycles. The molecule has 3 aromatic rings. The van der Waals surface area contributed by atoms with Gasteiger partial charge in [-0.1, -0.05) is 12.1 Å². The number of ether oxygens (including phenoxy) is 1. The second kappa shape index (κ2) is 6.29. The molecule has 0 radical (unpaired) electrons. The average molecular weight is 308 g/mol. The topological polar surface area (TPSA) is 59.0 Å². The molecule has 0 bridgehead atoms. The number of furan rings is 1. The van der Waals surface area contributed by atoms with Crippen molar-refractivity contribution in [2.24, 2.45) is 0 Å². The van der Waals surface area contributed by atoms with E-state index in [0.29, 0.717) is 16.3 Å². The fourth-order valence-corrected chi connectivity index (χ4v) is 2.72. The maximum atomic E-state index is 9.38. The lowest BCUT2D eigenvalue weighted by molar-refractivity contribution is 0.415. The normalized spacial score (nSPS) is 11.2. The number of rotatable bonds is 4. The van der Waals surface area contributed by atoms with Crippen molar-refractivity contribution < 1.29 is 9.15 Å². The van der Waals surface area contributed by atoms with Gasteiger partial charge in [-0.2, -0.15) is 5.26 Å². The lowest BCUT2D eigenvalue weighted by Gasteiger charge is -1.99. The maximum Gasteiger partial charge on any atom is 0.153 e. The minimum absolute atomic E-state index is 0.521. The second-order valence-electron chi connectivity index (χ2n) is 4.46. The molecule has 0 amide bonds. The van der Waals surface area contributed by atoms with E-state index in [1.54, 1.807) is 13.4 Å². The van der Waals surface area contributed by atoms with Crippen LogP contribution in [0.3, 0.4) is 0 Å². The molecular weight excluding hydrogens is 296 g/mol. The van der Waals surface area contributed by atoms with Gasteiger partial charge in [0.25, 0.3) is 0 Å². The maximum absolute atomic E-state index is 9.38. The minimum Gasteiger partial charge on any atom is -0.497 e. The molecule has 0 saturated heterocycles. The zero-order valence-electron chi connectivity index (χ0n) is 11.8. The van der Waals surface area contributed by atoms with E-state index in [1.165, 1.54) is 11.3 Å². The van der Waals surface area contributed by atoms with Crippen LogP contribution in [-0.4, -0.2) is 12.1 Å². The van der Waals surface area contributed by atoms with Crippen LogP contribution in [0.2, 0.25) is 0 Å². The first-order valence-corrected chi connectivity index (χ1v) is 7.44. The van der Waals surface area contributed by atoms with Crippen LogP contribution < -0.4 is 4.74 Å². The first-order valence-electron chi connectivity index (χ1n) is 6.56. The van der Waals surface area contributed by atoms with Crippen molar-refractivity contribution >= 4 is 23.0 Å². The summed E-state index contributed by atoms with van der Waals surface area (Å²) in [7, 11) is 1.62. The van der Waals surface area contributed by atoms with E-state index in [4.69, 9.17) is 9.15 Å². The molecule has 0 atom stereocenters. The zero-order chi connectivity index (χ0) is 15.4. The zero-order valence-corrected chi connectivity index (χ0v) is 12.6. The Morgan fingerprint density at radius 1 is 1.32 bits per heavy atom. The Morgan fingerprint density at radius 2 is 2.14 bits per heavy atom. The van der Waals surface area contributed by atoms with Gasteiger partial charge in [-0.25, -0.2) is 4.98 Å². The lowest BCUT2D eigenvalue weighted by Crippen LogP contribution is -1.84. The molecule has 0 fully saturated rings. The molecule has 5 heteroatoms. The summed E-state index contributed by atoms with van der Waals surface area (Å²) in [5, 5.41) is 11.9. The Morgan fingerprint density at radius 3 is 2.77 bits per heavy atom. The monoisotopic (exact) mass is 308 g/mol. The van der Waals surface area contributed by atoms with E-state index >= 15 is 0 Å². The number of benzene rings is 1. The predicted molar refractivity (Wildman–Crippen MR) is 86.3 cm³/mol. The van der Waals surface area contributed by atoms with E-state index in [-0.39, 0.29) is 0 Å². The molecule has 3 rings (SSSR count). The minimum atomic E-state index is 0.521. The van der Waals surface area contributed by atoms with Gasteiger partial charge < -0.3 is 9.15 Å². The number of hydrogen-bond acceptors (Lipinski definition) is 5. The third kappa shape index (κ3) is 2.92. The number of thiazole rings is 1. The summed E-state index contributed by atoms with van der Waals surface area (Å²) in [4.78, 5) is 4.46. The molecule has 2 heterocycles. The third-order valence-electron chi connectivity index (χ3n) is 3.06. The molecule has 0 unspecified atom stereocenters. The molecule has 4 nitrogen and oxygen atoms in total. The van der Waals surface area contributed by atoms with E-state index in [1.807, 2.05) is 47.9 Å².